The number of benzene rings is 2. The van der Waals surface area contributed by atoms with E-state index in [1.807, 2.05) is 20.2 Å². The summed E-state index contributed by atoms with van der Waals surface area (Å²) in [7, 11) is 0.342. The first kappa shape index (κ1) is 22.7. The fraction of sp³-hybridized carbons (Fsp3) is 0.200. The second-order valence-corrected chi connectivity index (χ2v) is 10.0. The minimum absolute atomic E-state index is 0.200. The smallest absolute Gasteiger partial charge is 0.287 e. The lowest BCUT2D eigenvalue weighted by atomic mass is 10.1. The van der Waals surface area contributed by atoms with Crippen LogP contribution < -0.4 is 5.32 Å². The van der Waals surface area contributed by atoms with Gasteiger partial charge in [-0.2, -0.15) is 0 Å². The summed E-state index contributed by atoms with van der Waals surface area (Å²) >= 11 is 0. The Labute approximate surface area is 193 Å². The highest BCUT2D eigenvalue weighted by atomic mass is 32.2. The molecule has 0 aliphatic rings. The lowest BCUT2D eigenvalue weighted by molar-refractivity contribution is 0.0925. The van der Waals surface area contributed by atoms with Gasteiger partial charge >= 0.3 is 0 Å². The highest BCUT2D eigenvalue weighted by Crippen LogP contribution is 2.23. The van der Waals surface area contributed by atoms with Crippen molar-refractivity contribution in [3.63, 3.8) is 0 Å². The Morgan fingerprint density at radius 1 is 1.00 bits per heavy atom. The van der Waals surface area contributed by atoms with Gasteiger partial charge in [-0.15, -0.1) is 0 Å². The van der Waals surface area contributed by atoms with E-state index in [1.54, 1.807) is 67.0 Å². The summed E-state index contributed by atoms with van der Waals surface area (Å²) in [4.78, 5) is 18.9. The number of sulfone groups is 1. The number of hydrogen-bond donors (Lipinski definition) is 1. The van der Waals surface area contributed by atoms with Crippen molar-refractivity contribution in [3.05, 3.63) is 89.9 Å². The van der Waals surface area contributed by atoms with E-state index in [9.17, 15) is 13.2 Å². The van der Waals surface area contributed by atoms with Gasteiger partial charge in [0, 0.05) is 24.7 Å². The maximum Gasteiger partial charge on any atom is 0.287 e. The number of carbonyl (C=O) groups excluding carboxylic acids is 1. The van der Waals surface area contributed by atoms with Gasteiger partial charge in [0.25, 0.3) is 5.91 Å². The van der Waals surface area contributed by atoms with Crippen molar-refractivity contribution in [2.75, 3.05) is 20.6 Å². The van der Waals surface area contributed by atoms with Gasteiger partial charge < -0.3 is 14.6 Å². The molecule has 2 aromatic heterocycles. The summed E-state index contributed by atoms with van der Waals surface area (Å²) in [6.07, 6.45) is 3.97. The van der Waals surface area contributed by atoms with Gasteiger partial charge in [-0.05, 0) is 68.0 Å². The van der Waals surface area contributed by atoms with Crippen LogP contribution in [0.5, 0.6) is 0 Å². The topological polar surface area (TPSA) is 92.5 Å². The van der Waals surface area contributed by atoms with Gasteiger partial charge in [0.1, 0.15) is 0 Å². The van der Waals surface area contributed by atoms with Crippen molar-refractivity contribution < 1.29 is 17.6 Å². The van der Waals surface area contributed by atoms with Crippen LogP contribution in [-0.4, -0.2) is 44.8 Å². The number of nitrogens with zero attached hydrogens (tertiary/aromatic N) is 2. The van der Waals surface area contributed by atoms with Crippen molar-refractivity contribution in [1.82, 2.24) is 15.2 Å². The molecule has 7 nitrogen and oxygen atoms in total. The third-order valence-electron chi connectivity index (χ3n) is 5.29. The van der Waals surface area contributed by atoms with Gasteiger partial charge in [-0.1, -0.05) is 24.3 Å². The molecule has 0 spiro atoms. The molecule has 33 heavy (non-hydrogen) atoms. The largest absolute Gasteiger partial charge is 0.449 e. The van der Waals surface area contributed by atoms with Crippen molar-refractivity contribution in [2.45, 2.75) is 22.8 Å². The van der Waals surface area contributed by atoms with E-state index in [0.29, 0.717) is 5.58 Å². The number of nitrogens with one attached hydrogen (secondary N) is 1. The first-order valence-electron chi connectivity index (χ1n) is 10.5. The van der Waals surface area contributed by atoms with Crippen LogP contribution in [0.25, 0.3) is 11.0 Å². The quantitative estimate of drug-likeness (QED) is 0.428. The summed E-state index contributed by atoms with van der Waals surface area (Å²) in [5, 5.41) is 3.59. The van der Waals surface area contributed by atoms with Crippen LogP contribution >= 0.6 is 0 Å². The Morgan fingerprint density at radius 2 is 1.79 bits per heavy atom. The number of pyridine rings is 1. The summed E-state index contributed by atoms with van der Waals surface area (Å²) in [5.74, 6) is -0.149. The fourth-order valence-corrected chi connectivity index (χ4v) is 4.74. The Hall–Kier alpha value is -3.49. The molecule has 2 aromatic carbocycles. The van der Waals surface area contributed by atoms with Crippen molar-refractivity contribution in [2.24, 2.45) is 0 Å². The molecular formula is C25H25N3O4S. The average molecular weight is 464 g/mol. The number of aromatic nitrogens is 1. The lowest BCUT2D eigenvalue weighted by Crippen LogP contribution is -2.22. The Bertz CT molecular complexity index is 1340. The Kier molecular flexibility index (Phi) is 6.57. The van der Waals surface area contributed by atoms with Crippen LogP contribution in [0.2, 0.25) is 0 Å². The second-order valence-electron chi connectivity index (χ2n) is 8.05. The minimum Gasteiger partial charge on any atom is -0.449 e. The second kappa shape index (κ2) is 9.56. The van der Waals surface area contributed by atoms with Gasteiger partial charge in [-0.25, -0.2) is 8.42 Å². The van der Waals surface area contributed by atoms with Crippen LogP contribution in [0.4, 0.5) is 0 Å². The number of furan rings is 1. The number of fused-ring (bicyclic) bond motifs is 1. The molecule has 1 amide bonds. The standard InChI is InChI=1S/C25H25N3O4S/c1-28(2)13-11-18-4-3-5-22(14-18)33(30,31)21-8-6-19(7-9-21)16-27-25(29)23-15-20-10-12-26-17-24(20)32-23/h3-10,12,14-15,17H,11,13,16H2,1-2H3,(H,27,29). The number of amides is 1. The van der Waals surface area contributed by atoms with E-state index in [0.717, 1.165) is 29.5 Å². The summed E-state index contributed by atoms with van der Waals surface area (Å²) < 4.78 is 31.7. The summed E-state index contributed by atoms with van der Waals surface area (Å²) in [6, 6.07) is 17.0. The average Bonchev–Trinajstić information content (AvgIpc) is 3.26. The zero-order valence-corrected chi connectivity index (χ0v) is 19.3. The van der Waals surface area contributed by atoms with E-state index >= 15 is 0 Å². The van der Waals surface area contributed by atoms with Crippen molar-refractivity contribution >= 4 is 26.7 Å². The molecular weight excluding hydrogens is 438 g/mol. The number of rotatable bonds is 8. The zero-order chi connectivity index (χ0) is 23.4. The van der Waals surface area contributed by atoms with Crippen molar-refractivity contribution in [3.8, 4) is 0 Å². The van der Waals surface area contributed by atoms with Crippen LogP contribution in [0.3, 0.4) is 0 Å². The highest BCUT2D eigenvalue weighted by molar-refractivity contribution is 7.91. The van der Waals surface area contributed by atoms with Gasteiger partial charge in [-0.3, -0.25) is 9.78 Å². The van der Waals surface area contributed by atoms with Gasteiger partial charge in [0.05, 0.1) is 16.0 Å². The normalized spacial score (nSPS) is 11.7. The fourth-order valence-electron chi connectivity index (χ4n) is 3.41. The molecule has 0 radical (unpaired) electrons. The molecule has 0 aliphatic heterocycles. The van der Waals surface area contributed by atoms with E-state index < -0.39 is 9.84 Å². The lowest BCUT2D eigenvalue weighted by Gasteiger charge is -2.11. The summed E-state index contributed by atoms with van der Waals surface area (Å²) in [5.41, 5.74) is 2.30. The number of likely N-dealkylation sites (N-methyl/N-ethyl adjacent to an activating group) is 1. The monoisotopic (exact) mass is 463 g/mol. The Morgan fingerprint density at radius 3 is 2.52 bits per heavy atom. The molecule has 0 bridgehead atoms. The third kappa shape index (κ3) is 5.30. The minimum atomic E-state index is -3.63. The zero-order valence-electron chi connectivity index (χ0n) is 18.5. The third-order valence-corrected chi connectivity index (χ3v) is 7.06. The molecule has 0 saturated carbocycles. The molecule has 170 valence electrons. The molecule has 0 atom stereocenters. The molecule has 1 N–H and O–H groups in total. The predicted octanol–water partition coefficient (Wildman–Crippen LogP) is 3.69. The van der Waals surface area contributed by atoms with Crippen LogP contribution in [0.1, 0.15) is 21.7 Å². The van der Waals surface area contributed by atoms with E-state index in [2.05, 4.69) is 15.2 Å². The highest BCUT2D eigenvalue weighted by Gasteiger charge is 2.18. The predicted molar refractivity (Wildman–Crippen MR) is 126 cm³/mol. The van der Waals surface area contributed by atoms with Gasteiger partial charge in [0.2, 0.25) is 9.84 Å². The maximum atomic E-state index is 13.1. The molecule has 0 unspecified atom stereocenters. The molecule has 0 fully saturated rings. The Balaban J connectivity index is 1.43. The molecule has 4 aromatic rings. The van der Waals surface area contributed by atoms with Crippen LogP contribution in [0, 0.1) is 0 Å². The number of carbonyl (C=O) groups is 1. The van der Waals surface area contributed by atoms with E-state index in [4.69, 9.17) is 4.42 Å². The molecule has 0 aliphatic carbocycles. The molecule has 0 saturated heterocycles. The maximum absolute atomic E-state index is 13.1. The molecule has 4 rings (SSSR count). The van der Waals surface area contributed by atoms with Crippen LogP contribution in [0.15, 0.2) is 87.3 Å². The number of hydrogen-bond acceptors (Lipinski definition) is 6. The van der Waals surface area contributed by atoms with E-state index in [1.165, 1.54) is 0 Å². The van der Waals surface area contributed by atoms with Gasteiger partial charge in [0.15, 0.2) is 11.3 Å². The molecule has 8 heteroatoms. The first-order chi connectivity index (χ1) is 15.8. The summed E-state index contributed by atoms with van der Waals surface area (Å²) in [6.45, 7) is 1.09. The SMILES string of the molecule is CN(C)CCc1cccc(S(=O)(=O)c2ccc(CNC(=O)c3cc4ccncc4o3)cc2)c1. The first-order valence-corrected chi connectivity index (χ1v) is 12.0. The van der Waals surface area contributed by atoms with Crippen LogP contribution in [-0.2, 0) is 22.8 Å². The molecule has 2 heterocycles. The van der Waals surface area contributed by atoms with Crippen molar-refractivity contribution in [1.29, 1.82) is 0 Å². The van der Waals surface area contributed by atoms with E-state index in [-0.39, 0.29) is 28.0 Å².